The summed E-state index contributed by atoms with van der Waals surface area (Å²) in [7, 11) is 1.68. The van der Waals surface area contributed by atoms with Gasteiger partial charge in [0.15, 0.2) is 0 Å². The molecule has 0 aliphatic carbocycles. The van der Waals surface area contributed by atoms with E-state index in [1.54, 1.807) is 7.11 Å². The number of benzene rings is 1. The number of ether oxygens (including phenoxy) is 1. The molecule has 2 rings (SSSR count). The summed E-state index contributed by atoms with van der Waals surface area (Å²) >= 11 is 0. The monoisotopic (exact) mass is 290 g/mol. The molecule has 1 aromatic carbocycles. The van der Waals surface area contributed by atoms with Gasteiger partial charge in [0.25, 0.3) is 0 Å². The molecule has 0 saturated carbocycles. The molecule has 0 bridgehead atoms. The minimum absolute atomic E-state index is 0.131. The maximum absolute atomic E-state index is 12.0. The molecule has 0 aromatic heterocycles. The number of hydrogen-bond donors (Lipinski definition) is 1. The van der Waals surface area contributed by atoms with Crippen LogP contribution in [0.4, 0.5) is 0 Å². The van der Waals surface area contributed by atoms with Crippen LogP contribution >= 0.6 is 0 Å². The number of amides is 1. The number of hydrogen-bond acceptors (Lipinski definition) is 3. The molecule has 1 amide bonds. The predicted molar refractivity (Wildman–Crippen MR) is 84.6 cm³/mol. The molecule has 0 atom stereocenters. The first-order valence-corrected chi connectivity index (χ1v) is 7.90. The highest BCUT2D eigenvalue weighted by atomic mass is 16.5. The van der Waals surface area contributed by atoms with Crippen LogP contribution in [0, 0.1) is 0 Å². The van der Waals surface area contributed by atoms with Gasteiger partial charge in [0.2, 0.25) is 5.91 Å². The van der Waals surface area contributed by atoms with Gasteiger partial charge in [-0.1, -0.05) is 31.0 Å². The third kappa shape index (κ3) is 5.38. The van der Waals surface area contributed by atoms with Gasteiger partial charge < -0.3 is 10.1 Å². The Kier molecular flexibility index (Phi) is 6.54. The normalized spacial score (nSPS) is 16.2. The van der Waals surface area contributed by atoms with Crippen molar-refractivity contribution in [2.75, 3.05) is 33.3 Å². The number of carbonyl (C=O) groups excluding carboxylic acids is 1. The van der Waals surface area contributed by atoms with Crippen molar-refractivity contribution in [1.82, 2.24) is 10.2 Å². The van der Waals surface area contributed by atoms with Crippen molar-refractivity contribution in [1.29, 1.82) is 0 Å². The van der Waals surface area contributed by atoms with Gasteiger partial charge >= 0.3 is 0 Å². The number of nitrogens with one attached hydrogen (secondary N) is 1. The van der Waals surface area contributed by atoms with E-state index in [2.05, 4.69) is 10.2 Å². The summed E-state index contributed by atoms with van der Waals surface area (Å²) in [6.07, 6.45) is 5.83. The van der Waals surface area contributed by atoms with Crippen molar-refractivity contribution in [3.05, 3.63) is 29.8 Å². The summed E-state index contributed by atoms with van der Waals surface area (Å²) in [4.78, 5) is 14.3. The maximum Gasteiger partial charge on any atom is 0.234 e. The summed E-state index contributed by atoms with van der Waals surface area (Å²) in [6.45, 7) is 3.30. The minimum atomic E-state index is 0.131. The van der Waals surface area contributed by atoms with Gasteiger partial charge in [-0.05, 0) is 44.0 Å². The second-order valence-electron chi connectivity index (χ2n) is 5.60. The third-order valence-electron chi connectivity index (χ3n) is 3.97. The molecule has 4 heteroatoms. The van der Waals surface area contributed by atoms with Crippen LogP contribution in [-0.4, -0.2) is 44.1 Å². The average molecular weight is 290 g/mol. The number of likely N-dealkylation sites (tertiary alicyclic amines) is 1. The molecule has 1 aromatic rings. The van der Waals surface area contributed by atoms with Crippen molar-refractivity contribution in [3.63, 3.8) is 0 Å². The SMILES string of the molecule is COc1ccccc1CCNC(=O)CN1CCCCCC1. The molecule has 0 spiro atoms. The van der Waals surface area contributed by atoms with E-state index in [4.69, 9.17) is 4.74 Å². The summed E-state index contributed by atoms with van der Waals surface area (Å²) in [5.41, 5.74) is 1.13. The fourth-order valence-electron chi connectivity index (χ4n) is 2.80. The topological polar surface area (TPSA) is 41.6 Å². The smallest absolute Gasteiger partial charge is 0.234 e. The van der Waals surface area contributed by atoms with Gasteiger partial charge in [-0.2, -0.15) is 0 Å². The summed E-state index contributed by atoms with van der Waals surface area (Å²) in [6, 6.07) is 7.95. The van der Waals surface area contributed by atoms with Gasteiger partial charge in [0, 0.05) is 6.54 Å². The second kappa shape index (κ2) is 8.67. The first-order valence-electron chi connectivity index (χ1n) is 7.90. The quantitative estimate of drug-likeness (QED) is 0.873. The van der Waals surface area contributed by atoms with E-state index in [0.29, 0.717) is 13.1 Å². The van der Waals surface area contributed by atoms with E-state index >= 15 is 0 Å². The molecule has 0 unspecified atom stereocenters. The van der Waals surface area contributed by atoms with E-state index in [-0.39, 0.29) is 5.91 Å². The largest absolute Gasteiger partial charge is 0.496 e. The fourth-order valence-corrected chi connectivity index (χ4v) is 2.80. The van der Waals surface area contributed by atoms with Crippen molar-refractivity contribution >= 4 is 5.91 Å². The lowest BCUT2D eigenvalue weighted by atomic mass is 10.1. The van der Waals surface area contributed by atoms with Crippen LogP contribution < -0.4 is 10.1 Å². The van der Waals surface area contributed by atoms with E-state index in [1.165, 1.54) is 25.7 Å². The van der Waals surface area contributed by atoms with Crippen LogP contribution in [0.25, 0.3) is 0 Å². The zero-order chi connectivity index (χ0) is 14.9. The Morgan fingerprint density at radius 2 is 1.90 bits per heavy atom. The molecule has 1 aliphatic heterocycles. The molecular formula is C17H26N2O2. The Hall–Kier alpha value is -1.55. The lowest BCUT2D eigenvalue weighted by molar-refractivity contribution is -0.122. The van der Waals surface area contributed by atoms with Crippen molar-refractivity contribution < 1.29 is 9.53 Å². The number of methoxy groups -OCH3 is 1. The molecule has 116 valence electrons. The molecule has 1 N–H and O–H groups in total. The van der Waals surface area contributed by atoms with Gasteiger partial charge in [-0.25, -0.2) is 0 Å². The number of carbonyl (C=O) groups is 1. The highest BCUT2D eigenvalue weighted by molar-refractivity contribution is 5.78. The first kappa shape index (κ1) is 15.8. The highest BCUT2D eigenvalue weighted by Gasteiger charge is 2.12. The van der Waals surface area contributed by atoms with Crippen LogP contribution in [0.1, 0.15) is 31.2 Å². The summed E-state index contributed by atoms with van der Waals surface area (Å²) in [5.74, 6) is 1.02. The third-order valence-corrected chi connectivity index (χ3v) is 3.97. The Balaban J connectivity index is 1.71. The summed E-state index contributed by atoms with van der Waals surface area (Å²) < 4.78 is 5.32. The number of para-hydroxylation sites is 1. The van der Waals surface area contributed by atoms with Crippen LogP contribution in [-0.2, 0) is 11.2 Å². The molecule has 1 fully saturated rings. The van der Waals surface area contributed by atoms with Gasteiger partial charge in [0.05, 0.1) is 13.7 Å². The van der Waals surface area contributed by atoms with E-state index < -0.39 is 0 Å². The minimum Gasteiger partial charge on any atom is -0.496 e. The molecule has 4 nitrogen and oxygen atoms in total. The van der Waals surface area contributed by atoms with Crippen LogP contribution in [0.15, 0.2) is 24.3 Å². The van der Waals surface area contributed by atoms with Crippen LogP contribution in [0.2, 0.25) is 0 Å². The standard InChI is InChI=1S/C17H26N2O2/c1-21-16-9-5-4-8-15(16)10-11-18-17(20)14-19-12-6-2-3-7-13-19/h4-5,8-9H,2-3,6-7,10-14H2,1H3,(H,18,20). The van der Waals surface area contributed by atoms with Crippen LogP contribution in [0.3, 0.4) is 0 Å². The van der Waals surface area contributed by atoms with Crippen molar-refractivity contribution in [3.8, 4) is 5.75 Å². The average Bonchev–Trinajstić information content (AvgIpc) is 2.76. The Bertz CT molecular complexity index is 440. The second-order valence-corrected chi connectivity index (χ2v) is 5.60. The van der Waals surface area contributed by atoms with Crippen molar-refractivity contribution in [2.45, 2.75) is 32.1 Å². The van der Waals surface area contributed by atoms with E-state index in [9.17, 15) is 4.79 Å². The molecule has 1 aliphatic rings. The predicted octanol–water partition coefficient (Wildman–Crippen LogP) is 2.23. The van der Waals surface area contributed by atoms with E-state index in [1.807, 2.05) is 24.3 Å². The van der Waals surface area contributed by atoms with Gasteiger partial charge in [-0.3, -0.25) is 9.69 Å². The van der Waals surface area contributed by atoms with Crippen molar-refractivity contribution in [2.24, 2.45) is 0 Å². The lowest BCUT2D eigenvalue weighted by Gasteiger charge is -2.19. The summed E-state index contributed by atoms with van der Waals surface area (Å²) in [5, 5.41) is 3.01. The zero-order valence-electron chi connectivity index (χ0n) is 12.9. The van der Waals surface area contributed by atoms with Gasteiger partial charge in [-0.15, -0.1) is 0 Å². The van der Waals surface area contributed by atoms with E-state index in [0.717, 1.165) is 30.8 Å². The molecule has 1 heterocycles. The molecule has 1 saturated heterocycles. The Morgan fingerprint density at radius 1 is 1.19 bits per heavy atom. The first-order chi connectivity index (χ1) is 10.3. The zero-order valence-corrected chi connectivity index (χ0v) is 12.9. The van der Waals surface area contributed by atoms with Crippen LogP contribution in [0.5, 0.6) is 5.75 Å². The molecule has 21 heavy (non-hydrogen) atoms. The Morgan fingerprint density at radius 3 is 2.62 bits per heavy atom. The molecule has 0 radical (unpaired) electrons. The number of nitrogens with zero attached hydrogens (tertiary/aromatic N) is 1. The lowest BCUT2D eigenvalue weighted by Crippen LogP contribution is -2.38. The maximum atomic E-state index is 12.0. The molecular weight excluding hydrogens is 264 g/mol. The highest BCUT2D eigenvalue weighted by Crippen LogP contribution is 2.17. The number of rotatable bonds is 6. The van der Waals surface area contributed by atoms with Gasteiger partial charge in [0.1, 0.15) is 5.75 Å². The Labute approximate surface area is 127 Å². The fraction of sp³-hybridized carbons (Fsp3) is 0.588.